The smallest absolute Gasteiger partial charge is 0.242 e. The fourth-order valence-electron chi connectivity index (χ4n) is 3.07. The van der Waals surface area contributed by atoms with Crippen LogP contribution in [0.3, 0.4) is 0 Å². The summed E-state index contributed by atoms with van der Waals surface area (Å²) in [4.78, 5) is 0.378. The highest BCUT2D eigenvalue weighted by atomic mass is 32.2. The fourth-order valence-corrected chi connectivity index (χ4v) is 4.55. The van der Waals surface area contributed by atoms with Crippen LogP contribution in [0.2, 0.25) is 0 Å². The predicted molar refractivity (Wildman–Crippen MR) is 84.8 cm³/mol. The van der Waals surface area contributed by atoms with E-state index in [0.717, 1.165) is 24.9 Å². The van der Waals surface area contributed by atoms with Crippen molar-refractivity contribution < 1.29 is 8.42 Å². The van der Waals surface area contributed by atoms with Crippen molar-refractivity contribution in [3.8, 4) is 0 Å². The Morgan fingerprint density at radius 2 is 1.76 bits per heavy atom. The van der Waals surface area contributed by atoms with Gasteiger partial charge in [-0.1, -0.05) is 26.0 Å². The molecule has 0 radical (unpaired) electrons. The van der Waals surface area contributed by atoms with Crippen LogP contribution in [0, 0.1) is 11.8 Å². The van der Waals surface area contributed by atoms with Crippen LogP contribution >= 0.6 is 0 Å². The topological polar surface area (TPSA) is 58.2 Å². The van der Waals surface area contributed by atoms with E-state index in [9.17, 15) is 8.42 Å². The average molecular weight is 308 g/mol. The minimum atomic E-state index is -3.41. The van der Waals surface area contributed by atoms with E-state index in [4.69, 9.17) is 0 Å². The highest BCUT2D eigenvalue weighted by Gasteiger charge is 2.32. The molecule has 0 spiro atoms. The maximum Gasteiger partial charge on any atom is 0.242 e. The molecule has 3 rings (SSSR count). The number of anilines is 1. The van der Waals surface area contributed by atoms with Crippen molar-refractivity contribution in [2.45, 2.75) is 56.5 Å². The summed E-state index contributed by atoms with van der Waals surface area (Å²) in [5, 5.41) is 3.47. The molecule has 4 nitrogen and oxygen atoms in total. The Morgan fingerprint density at radius 1 is 1.05 bits per heavy atom. The van der Waals surface area contributed by atoms with Crippen LogP contribution in [0.4, 0.5) is 5.69 Å². The van der Waals surface area contributed by atoms with E-state index in [0.29, 0.717) is 22.8 Å². The van der Waals surface area contributed by atoms with Crippen LogP contribution in [-0.2, 0) is 10.0 Å². The quantitative estimate of drug-likeness (QED) is 0.879. The molecule has 2 aliphatic rings. The second-order valence-corrected chi connectivity index (χ2v) is 8.24. The molecule has 0 heterocycles. The highest BCUT2D eigenvalue weighted by molar-refractivity contribution is 7.89. The van der Waals surface area contributed by atoms with Gasteiger partial charge in [-0.05, 0) is 49.7 Å². The number of rotatable bonds is 5. The van der Waals surface area contributed by atoms with Crippen molar-refractivity contribution in [3.63, 3.8) is 0 Å². The second-order valence-electron chi connectivity index (χ2n) is 6.56. The van der Waals surface area contributed by atoms with Crippen LogP contribution in [-0.4, -0.2) is 20.5 Å². The SMILES string of the molecule is CC1CCC(Nc2ccccc2S(=O)(=O)NC2CC2)C1C. The average Bonchev–Trinajstić information content (AvgIpc) is 3.20. The van der Waals surface area contributed by atoms with Gasteiger partial charge in [0.05, 0.1) is 5.69 Å². The normalized spacial score (nSPS) is 29.5. The zero-order chi connectivity index (χ0) is 15.0. The molecule has 1 aromatic rings. The molecule has 0 amide bonds. The van der Waals surface area contributed by atoms with Crippen LogP contribution < -0.4 is 10.0 Å². The molecule has 3 atom stereocenters. The molecule has 0 bridgehead atoms. The summed E-state index contributed by atoms with van der Waals surface area (Å²) in [5.74, 6) is 1.26. The zero-order valence-electron chi connectivity index (χ0n) is 12.7. The van der Waals surface area contributed by atoms with Gasteiger partial charge < -0.3 is 5.32 Å². The molecule has 3 unspecified atom stereocenters. The van der Waals surface area contributed by atoms with Crippen LogP contribution in [0.1, 0.15) is 39.5 Å². The van der Waals surface area contributed by atoms with Gasteiger partial charge in [-0.3, -0.25) is 0 Å². The van der Waals surface area contributed by atoms with E-state index in [1.54, 1.807) is 12.1 Å². The third-order valence-electron chi connectivity index (χ3n) is 4.88. The molecule has 1 aromatic carbocycles. The van der Waals surface area contributed by atoms with E-state index >= 15 is 0 Å². The van der Waals surface area contributed by atoms with Crippen molar-refractivity contribution in [2.24, 2.45) is 11.8 Å². The molecule has 116 valence electrons. The number of sulfonamides is 1. The standard InChI is InChI=1S/C16H24N2O2S/c1-11-7-10-14(12(11)2)17-15-5-3-4-6-16(15)21(19,20)18-13-8-9-13/h3-6,11-14,17-18H,7-10H2,1-2H3. The molecule has 0 aromatic heterocycles. The molecule has 2 N–H and O–H groups in total. The summed E-state index contributed by atoms with van der Waals surface area (Å²) in [7, 11) is -3.41. The first-order valence-electron chi connectivity index (χ1n) is 7.85. The Kier molecular flexibility index (Phi) is 3.97. The summed E-state index contributed by atoms with van der Waals surface area (Å²) in [6, 6.07) is 7.73. The Balaban J connectivity index is 1.82. The van der Waals surface area contributed by atoms with E-state index in [2.05, 4.69) is 23.9 Å². The molecule has 0 saturated heterocycles. The number of hydrogen-bond donors (Lipinski definition) is 2. The van der Waals surface area contributed by atoms with Gasteiger partial charge in [0.1, 0.15) is 4.90 Å². The monoisotopic (exact) mass is 308 g/mol. The van der Waals surface area contributed by atoms with Crippen molar-refractivity contribution in [2.75, 3.05) is 5.32 Å². The molecule has 2 aliphatic carbocycles. The highest BCUT2D eigenvalue weighted by Crippen LogP contribution is 2.35. The first-order chi connectivity index (χ1) is 9.97. The number of para-hydroxylation sites is 1. The first kappa shape index (κ1) is 14.9. The van der Waals surface area contributed by atoms with Crippen molar-refractivity contribution in [1.82, 2.24) is 4.72 Å². The van der Waals surface area contributed by atoms with E-state index in [1.807, 2.05) is 12.1 Å². The Morgan fingerprint density at radius 3 is 2.38 bits per heavy atom. The van der Waals surface area contributed by atoms with Gasteiger partial charge in [0.15, 0.2) is 0 Å². The molecule has 2 saturated carbocycles. The minimum Gasteiger partial charge on any atom is -0.381 e. The van der Waals surface area contributed by atoms with Crippen molar-refractivity contribution in [3.05, 3.63) is 24.3 Å². The van der Waals surface area contributed by atoms with Gasteiger partial charge in [0, 0.05) is 12.1 Å². The third kappa shape index (κ3) is 3.24. The Hall–Kier alpha value is -1.07. The molecule has 21 heavy (non-hydrogen) atoms. The van der Waals surface area contributed by atoms with Gasteiger partial charge in [0.25, 0.3) is 0 Å². The van der Waals surface area contributed by atoms with Crippen LogP contribution in [0.15, 0.2) is 29.2 Å². The predicted octanol–water partition coefficient (Wildman–Crippen LogP) is 2.97. The first-order valence-corrected chi connectivity index (χ1v) is 9.33. The number of nitrogens with one attached hydrogen (secondary N) is 2. The van der Waals surface area contributed by atoms with Crippen molar-refractivity contribution in [1.29, 1.82) is 0 Å². The number of benzene rings is 1. The van der Waals surface area contributed by atoms with E-state index in [-0.39, 0.29) is 6.04 Å². The van der Waals surface area contributed by atoms with E-state index in [1.165, 1.54) is 6.42 Å². The summed E-state index contributed by atoms with van der Waals surface area (Å²) < 4.78 is 27.7. The van der Waals surface area contributed by atoms with Gasteiger partial charge in [-0.15, -0.1) is 0 Å². The maximum atomic E-state index is 12.5. The lowest BCUT2D eigenvalue weighted by Gasteiger charge is -2.22. The van der Waals surface area contributed by atoms with Gasteiger partial charge in [-0.25, -0.2) is 13.1 Å². The fraction of sp³-hybridized carbons (Fsp3) is 0.625. The molecular formula is C16H24N2O2S. The third-order valence-corrected chi connectivity index (χ3v) is 6.46. The Labute approximate surface area is 127 Å². The van der Waals surface area contributed by atoms with E-state index < -0.39 is 10.0 Å². The number of hydrogen-bond acceptors (Lipinski definition) is 3. The summed E-state index contributed by atoms with van der Waals surface area (Å²) >= 11 is 0. The molecule has 5 heteroatoms. The van der Waals surface area contributed by atoms with Gasteiger partial charge in [-0.2, -0.15) is 0 Å². The van der Waals surface area contributed by atoms with Gasteiger partial charge >= 0.3 is 0 Å². The van der Waals surface area contributed by atoms with Gasteiger partial charge in [0.2, 0.25) is 10.0 Å². The lowest BCUT2D eigenvalue weighted by molar-refractivity contribution is 0.435. The summed E-state index contributed by atoms with van der Waals surface area (Å²) in [6.45, 7) is 4.51. The lowest BCUT2D eigenvalue weighted by Crippen LogP contribution is -2.29. The molecular weight excluding hydrogens is 284 g/mol. The largest absolute Gasteiger partial charge is 0.381 e. The van der Waals surface area contributed by atoms with Crippen LogP contribution in [0.25, 0.3) is 0 Å². The van der Waals surface area contributed by atoms with Crippen molar-refractivity contribution >= 4 is 15.7 Å². The van der Waals surface area contributed by atoms with Crippen LogP contribution in [0.5, 0.6) is 0 Å². The summed E-state index contributed by atoms with van der Waals surface area (Å²) in [5.41, 5.74) is 0.733. The zero-order valence-corrected chi connectivity index (χ0v) is 13.5. The molecule has 2 fully saturated rings. The second kappa shape index (κ2) is 5.61. The summed E-state index contributed by atoms with van der Waals surface area (Å²) in [6.07, 6.45) is 4.21. The maximum absolute atomic E-state index is 12.5. The minimum absolute atomic E-state index is 0.133. The molecule has 0 aliphatic heterocycles. The lowest BCUT2D eigenvalue weighted by atomic mass is 9.97. The Bertz CT molecular complexity index is 610.